The average Bonchev–Trinajstić information content (AvgIpc) is 2.92. The molecule has 2 fully saturated rings. The predicted molar refractivity (Wildman–Crippen MR) is 99.5 cm³/mol. The molecule has 0 aromatic carbocycles. The first-order valence-electron chi connectivity index (χ1n) is 9.44. The number of rotatable bonds is 2. The molecular weight excluding hydrogens is 348 g/mol. The molecule has 3 heterocycles. The second-order valence-corrected chi connectivity index (χ2v) is 7.97. The molecule has 3 N–H and O–H groups in total. The molecule has 0 bridgehead atoms. The smallest absolute Gasteiger partial charge is 0.315 e. The minimum Gasteiger partial charge on any atom is -0.334 e. The van der Waals surface area contributed by atoms with Crippen molar-refractivity contribution in [3.05, 3.63) is 11.8 Å². The van der Waals surface area contributed by atoms with E-state index < -0.39 is 18.1 Å². The van der Waals surface area contributed by atoms with Crippen molar-refractivity contribution in [2.24, 2.45) is 11.8 Å². The minimum absolute atomic E-state index is 0.0187. The van der Waals surface area contributed by atoms with Crippen LogP contribution in [-0.4, -0.2) is 51.5 Å². The molecule has 2 saturated heterocycles. The molecule has 4 atom stereocenters. The molecular formula is C18H28N6O3. The van der Waals surface area contributed by atoms with Gasteiger partial charge in [0, 0.05) is 31.6 Å². The summed E-state index contributed by atoms with van der Waals surface area (Å²) in [6.07, 6.45) is 0.862. The lowest BCUT2D eigenvalue weighted by atomic mass is 9.92. The summed E-state index contributed by atoms with van der Waals surface area (Å²) in [5.74, 6) is -0.192. The van der Waals surface area contributed by atoms with Gasteiger partial charge in [0.2, 0.25) is 5.91 Å². The minimum atomic E-state index is -0.687. The largest absolute Gasteiger partial charge is 0.334 e. The van der Waals surface area contributed by atoms with Crippen LogP contribution in [0.5, 0.6) is 0 Å². The van der Waals surface area contributed by atoms with Gasteiger partial charge in [-0.25, -0.2) is 4.68 Å². The fraction of sp³-hybridized carbons (Fsp3) is 0.667. The zero-order valence-corrected chi connectivity index (χ0v) is 16.3. The van der Waals surface area contributed by atoms with Crippen LogP contribution >= 0.6 is 0 Å². The zero-order chi connectivity index (χ0) is 19.7. The van der Waals surface area contributed by atoms with E-state index in [0.29, 0.717) is 42.9 Å². The Hall–Kier alpha value is -2.42. The molecule has 0 radical (unpaired) electrons. The van der Waals surface area contributed by atoms with E-state index in [9.17, 15) is 14.4 Å². The summed E-state index contributed by atoms with van der Waals surface area (Å²) in [6.45, 7) is 9.05. The first-order valence-corrected chi connectivity index (χ1v) is 9.44. The second kappa shape index (κ2) is 7.67. The third kappa shape index (κ3) is 4.47. The van der Waals surface area contributed by atoms with E-state index in [4.69, 9.17) is 0 Å². The number of anilines is 1. The second-order valence-electron chi connectivity index (χ2n) is 7.97. The monoisotopic (exact) mass is 376 g/mol. The Morgan fingerprint density at radius 2 is 1.89 bits per heavy atom. The summed E-state index contributed by atoms with van der Waals surface area (Å²) in [5, 5.41) is 13.0. The van der Waals surface area contributed by atoms with Gasteiger partial charge in [-0.2, -0.15) is 5.10 Å². The molecule has 1 aromatic rings. The maximum atomic E-state index is 12.6. The van der Waals surface area contributed by atoms with Gasteiger partial charge >= 0.3 is 11.8 Å². The van der Waals surface area contributed by atoms with Crippen molar-refractivity contribution in [2.45, 2.75) is 52.9 Å². The van der Waals surface area contributed by atoms with Gasteiger partial charge in [-0.15, -0.1) is 0 Å². The fourth-order valence-electron chi connectivity index (χ4n) is 3.94. The Bertz CT molecular complexity index is 735. The van der Waals surface area contributed by atoms with Gasteiger partial charge in [0.1, 0.15) is 5.82 Å². The van der Waals surface area contributed by atoms with Crippen molar-refractivity contribution >= 4 is 23.5 Å². The van der Waals surface area contributed by atoms with Crippen molar-refractivity contribution in [3.8, 4) is 0 Å². The summed E-state index contributed by atoms with van der Waals surface area (Å²) in [5.41, 5.74) is 0.673. The maximum absolute atomic E-state index is 12.6. The summed E-state index contributed by atoms with van der Waals surface area (Å²) >= 11 is 0. The summed E-state index contributed by atoms with van der Waals surface area (Å²) in [6, 6.07) is 1.66. The number of hydrogen-bond acceptors (Lipinski definition) is 5. The van der Waals surface area contributed by atoms with Crippen LogP contribution in [0.1, 0.15) is 45.6 Å². The first kappa shape index (κ1) is 19.3. The third-order valence-corrected chi connectivity index (χ3v) is 4.93. The highest BCUT2D eigenvalue weighted by molar-refractivity contribution is 6.39. The molecule has 0 saturated carbocycles. The number of likely N-dealkylation sites (tertiary alicyclic amines) is 1. The van der Waals surface area contributed by atoms with Crippen LogP contribution in [0.3, 0.4) is 0 Å². The predicted octanol–water partition coefficient (Wildman–Crippen LogP) is 0.589. The highest BCUT2D eigenvalue weighted by Crippen LogP contribution is 2.22. The van der Waals surface area contributed by atoms with Gasteiger partial charge in [0.25, 0.3) is 0 Å². The van der Waals surface area contributed by atoms with E-state index in [1.807, 2.05) is 6.92 Å². The topological polar surface area (TPSA) is 108 Å². The Balaban J connectivity index is 1.73. The molecule has 2 aliphatic rings. The van der Waals surface area contributed by atoms with E-state index in [2.05, 4.69) is 34.9 Å². The van der Waals surface area contributed by atoms with Crippen LogP contribution in [-0.2, 0) is 14.4 Å². The van der Waals surface area contributed by atoms with E-state index in [-0.39, 0.29) is 11.9 Å². The van der Waals surface area contributed by atoms with Crippen LogP contribution in [0, 0.1) is 18.8 Å². The maximum Gasteiger partial charge on any atom is 0.315 e. The molecule has 2 aliphatic heterocycles. The molecule has 1 aromatic heterocycles. The number of amides is 3. The van der Waals surface area contributed by atoms with E-state index in [1.165, 1.54) is 4.68 Å². The van der Waals surface area contributed by atoms with Gasteiger partial charge in [-0.3, -0.25) is 19.7 Å². The van der Waals surface area contributed by atoms with Gasteiger partial charge in [-0.05, 0) is 32.1 Å². The van der Waals surface area contributed by atoms with Gasteiger partial charge in [0.05, 0.1) is 5.69 Å². The van der Waals surface area contributed by atoms with Crippen LogP contribution < -0.4 is 16.0 Å². The van der Waals surface area contributed by atoms with Crippen molar-refractivity contribution in [2.75, 3.05) is 18.4 Å². The van der Waals surface area contributed by atoms with Crippen molar-refractivity contribution < 1.29 is 14.4 Å². The first-order chi connectivity index (χ1) is 12.7. The number of carbonyl (C=O) groups is 3. The molecule has 3 rings (SSSR count). The molecule has 4 unspecified atom stereocenters. The lowest BCUT2D eigenvalue weighted by Crippen LogP contribution is -2.52. The summed E-state index contributed by atoms with van der Waals surface area (Å²) in [4.78, 5) is 38.6. The number of hydrogen-bond donors (Lipinski definition) is 3. The number of piperidine rings is 1. The normalized spacial score (nSPS) is 28.6. The quantitative estimate of drug-likeness (QED) is 0.655. The van der Waals surface area contributed by atoms with Crippen molar-refractivity contribution in [1.29, 1.82) is 0 Å². The number of nitrogens with zero attached hydrogens (tertiary/aromatic N) is 3. The van der Waals surface area contributed by atoms with Crippen LogP contribution in [0.25, 0.3) is 0 Å². The molecule has 27 heavy (non-hydrogen) atoms. The van der Waals surface area contributed by atoms with Crippen LogP contribution in [0.2, 0.25) is 0 Å². The molecule has 9 nitrogen and oxygen atoms in total. The van der Waals surface area contributed by atoms with Crippen molar-refractivity contribution in [3.63, 3.8) is 0 Å². The van der Waals surface area contributed by atoms with E-state index in [0.717, 1.165) is 6.42 Å². The van der Waals surface area contributed by atoms with Crippen LogP contribution in [0.15, 0.2) is 6.07 Å². The molecule has 9 heteroatoms. The van der Waals surface area contributed by atoms with Gasteiger partial charge < -0.3 is 15.5 Å². The molecule has 3 amide bonds. The molecule has 0 aliphatic carbocycles. The van der Waals surface area contributed by atoms with E-state index in [1.54, 1.807) is 17.9 Å². The number of nitrogens with one attached hydrogen (secondary N) is 3. The van der Waals surface area contributed by atoms with Gasteiger partial charge in [0.15, 0.2) is 6.29 Å². The van der Waals surface area contributed by atoms with Crippen molar-refractivity contribution in [1.82, 2.24) is 25.3 Å². The highest BCUT2D eigenvalue weighted by atomic mass is 16.2. The van der Waals surface area contributed by atoms with Gasteiger partial charge in [-0.1, -0.05) is 13.8 Å². The number of aryl methyl sites for hydroxylation is 1. The Kier molecular flexibility index (Phi) is 5.50. The lowest BCUT2D eigenvalue weighted by Gasteiger charge is -2.34. The lowest BCUT2D eigenvalue weighted by molar-refractivity contribution is -0.145. The molecule has 0 spiro atoms. The highest BCUT2D eigenvalue weighted by Gasteiger charge is 2.31. The Morgan fingerprint density at radius 1 is 1.22 bits per heavy atom. The molecule has 148 valence electrons. The third-order valence-electron chi connectivity index (χ3n) is 4.93. The zero-order valence-electron chi connectivity index (χ0n) is 16.3. The number of aromatic nitrogens is 2. The summed E-state index contributed by atoms with van der Waals surface area (Å²) in [7, 11) is 0. The number of carbonyl (C=O) groups excluding carboxylic acids is 3. The van der Waals surface area contributed by atoms with E-state index >= 15 is 0 Å². The SMILES string of the molecule is Cc1cc(NC(=O)C(=O)N2CC(C)CC(C)C2)n(C2NC(=O)CC(C)N2)n1. The Labute approximate surface area is 158 Å². The van der Waals surface area contributed by atoms with Crippen LogP contribution in [0.4, 0.5) is 5.82 Å². The average molecular weight is 376 g/mol. The summed E-state index contributed by atoms with van der Waals surface area (Å²) < 4.78 is 1.50. The Morgan fingerprint density at radius 3 is 2.52 bits per heavy atom. The standard InChI is InChI=1S/C18H28N6O3/c1-10-5-11(2)9-23(8-10)17(27)16(26)20-14-6-13(4)22-24(14)18-19-12(3)7-15(25)21-18/h6,10-12,18-19H,5,7-9H2,1-4H3,(H,20,26)(H,21,25). The fourth-order valence-corrected chi connectivity index (χ4v) is 3.94.